The number of nitriles is 1. The number of amidine groups is 1. The number of rotatable bonds is 7. The summed E-state index contributed by atoms with van der Waals surface area (Å²) in [5, 5.41) is 19.5. The van der Waals surface area contributed by atoms with Crippen LogP contribution in [0.5, 0.6) is 0 Å². The predicted molar refractivity (Wildman–Crippen MR) is 111 cm³/mol. The molecule has 3 aromatic rings. The van der Waals surface area contributed by atoms with E-state index in [1.165, 1.54) is 5.56 Å². The topological polar surface area (TPSA) is 99.1 Å². The van der Waals surface area contributed by atoms with Gasteiger partial charge in [-0.25, -0.2) is 4.98 Å². The molecule has 0 aliphatic heterocycles. The maximum atomic E-state index is 8.81. The lowest BCUT2D eigenvalue weighted by atomic mass is 10.1. The zero-order chi connectivity index (χ0) is 18.9. The Morgan fingerprint density at radius 2 is 2.07 bits per heavy atom. The van der Waals surface area contributed by atoms with Crippen LogP contribution in [0.15, 0.2) is 64.4 Å². The first kappa shape index (κ1) is 18.4. The van der Waals surface area contributed by atoms with Crippen LogP contribution >= 0.6 is 11.3 Å². The Balaban J connectivity index is 1.62. The second-order valence-corrected chi connectivity index (χ2v) is 6.56. The molecule has 27 heavy (non-hydrogen) atoms. The normalized spacial score (nSPS) is 11.0. The van der Waals surface area contributed by atoms with Gasteiger partial charge < -0.3 is 16.4 Å². The van der Waals surface area contributed by atoms with Gasteiger partial charge in [0, 0.05) is 30.5 Å². The van der Waals surface area contributed by atoms with E-state index in [1.54, 1.807) is 29.7 Å². The van der Waals surface area contributed by atoms with Crippen LogP contribution in [-0.4, -0.2) is 23.9 Å². The number of nitrogens with two attached hydrogens (primary N) is 1. The SMILES string of the molecule is N#Cc1ccc(NCCNC(=NCc2ccsc2)c2ccccc2N)nc1. The number of nitrogen functional groups attached to an aromatic ring is 1. The average molecular weight is 376 g/mol. The third-order valence-corrected chi connectivity index (χ3v) is 4.56. The van der Waals surface area contributed by atoms with E-state index in [0.717, 1.165) is 17.2 Å². The number of pyridine rings is 1. The summed E-state index contributed by atoms with van der Waals surface area (Å²) in [7, 11) is 0. The monoisotopic (exact) mass is 376 g/mol. The van der Waals surface area contributed by atoms with Crippen molar-refractivity contribution in [3.05, 3.63) is 76.1 Å². The molecule has 2 aromatic heterocycles. The third-order valence-electron chi connectivity index (χ3n) is 3.83. The Morgan fingerprint density at radius 3 is 2.78 bits per heavy atom. The molecule has 1 aromatic carbocycles. The van der Waals surface area contributed by atoms with Crippen LogP contribution in [0.1, 0.15) is 16.7 Å². The Hall–Kier alpha value is -3.37. The zero-order valence-electron chi connectivity index (χ0n) is 14.7. The van der Waals surface area contributed by atoms with Gasteiger partial charge in [0.15, 0.2) is 0 Å². The fraction of sp³-hybridized carbons (Fsp3) is 0.150. The second-order valence-electron chi connectivity index (χ2n) is 5.78. The van der Waals surface area contributed by atoms with Crippen LogP contribution in [0.25, 0.3) is 0 Å². The number of nitrogens with zero attached hydrogens (tertiary/aromatic N) is 3. The molecule has 0 saturated carbocycles. The highest BCUT2D eigenvalue weighted by Gasteiger charge is 2.07. The van der Waals surface area contributed by atoms with Crippen molar-refractivity contribution >= 4 is 28.7 Å². The minimum Gasteiger partial charge on any atom is -0.398 e. The van der Waals surface area contributed by atoms with Crippen molar-refractivity contribution in [1.29, 1.82) is 5.26 Å². The quantitative estimate of drug-likeness (QED) is 0.254. The Bertz CT molecular complexity index is 926. The van der Waals surface area contributed by atoms with Gasteiger partial charge in [-0.2, -0.15) is 16.6 Å². The number of benzene rings is 1. The second kappa shape index (κ2) is 9.36. The lowest BCUT2D eigenvalue weighted by Crippen LogP contribution is -2.30. The first-order valence-corrected chi connectivity index (χ1v) is 9.45. The number of hydrogen-bond acceptors (Lipinski definition) is 6. The van der Waals surface area contributed by atoms with Gasteiger partial charge in [0.25, 0.3) is 0 Å². The molecule has 6 nitrogen and oxygen atoms in total. The molecule has 0 aliphatic rings. The zero-order valence-corrected chi connectivity index (χ0v) is 15.5. The van der Waals surface area contributed by atoms with E-state index in [9.17, 15) is 0 Å². The highest BCUT2D eigenvalue weighted by molar-refractivity contribution is 7.07. The van der Waals surface area contributed by atoms with Gasteiger partial charge in [0.1, 0.15) is 17.7 Å². The highest BCUT2D eigenvalue weighted by atomic mass is 32.1. The molecular formula is C20H20N6S. The largest absolute Gasteiger partial charge is 0.398 e. The predicted octanol–water partition coefficient (Wildman–Crippen LogP) is 3.25. The number of anilines is 2. The molecule has 2 heterocycles. The lowest BCUT2D eigenvalue weighted by molar-refractivity contribution is 0.889. The van der Waals surface area contributed by atoms with Gasteiger partial charge in [-0.1, -0.05) is 12.1 Å². The van der Waals surface area contributed by atoms with Crippen LogP contribution in [0.2, 0.25) is 0 Å². The summed E-state index contributed by atoms with van der Waals surface area (Å²) in [6.07, 6.45) is 1.55. The van der Waals surface area contributed by atoms with Gasteiger partial charge in [-0.3, -0.25) is 4.99 Å². The minimum absolute atomic E-state index is 0.543. The first-order valence-electron chi connectivity index (χ1n) is 8.50. The van der Waals surface area contributed by atoms with Crippen molar-refractivity contribution in [3.63, 3.8) is 0 Å². The summed E-state index contributed by atoms with van der Waals surface area (Å²) in [6, 6.07) is 15.3. The average Bonchev–Trinajstić information content (AvgIpc) is 3.22. The molecule has 0 amide bonds. The summed E-state index contributed by atoms with van der Waals surface area (Å²) in [6.45, 7) is 1.91. The molecular weight excluding hydrogens is 356 g/mol. The van der Waals surface area contributed by atoms with Crippen LogP contribution in [0.3, 0.4) is 0 Å². The van der Waals surface area contributed by atoms with E-state index in [-0.39, 0.29) is 0 Å². The van der Waals surface area contributed by atoms with E-state index in [0.29, 0.717) is 30.9 Å². The molecule has 4 N–H and O–H groups in total. The number of thiophene rings is 1. The number of hydrogen-bond donors (Lipinski definition) is 3. The molecule has 3 rings (SSSR count). The number of aliphatic imine (C=N–C) groups is 1. The highest BCUT2D eigenvalue weighted by Crippen LogP contribution is 2.13. The van der Waals surface area contributed by atoms with Crippen LogP contribution in [0, 0.1) is 11.3 Å². The van der Waals surface area contributed by atoms with Crippen molar-refractivity contribution in [2.45, 2.75) is 6.54 Å². The van der Waals surface area contributed by atoms with Gasteiger partial charge in [-0.05, 0) is 46.7 Å². The summed E-state index contributed by atoms with van der Waals surface area (Å²) in [5.74, 6) is 1.50. The van der Waals surface area contributed by atoms with Gasteiger partial charge in [0.05, 0.1) is 12.1 Å². The fourth-order valence-corrected chi connectivity index (χ4v) is 3.10. The van der Waals surface area contributed by atoms with Crippen LogP contribution in [0.4, 0.5) is 11.5 Å². The molecule has 0 unspecified atom stereocenters. The minimum atomic E-state index is 0.543. The Morgan fingerprint density at radius 1 is 1.19 bits per heavy atom. The molecule has 0 aliphatic carbocycles. The van der Waals surface area contributed by atoms with E-state index in [1.807, 2.05) is 29.6 Å². The van der Waals surface area contributed by atoms with E-state index in [2.05, 4.69) is 33.1 Å². The molecule has 0 saturated heterocycles. The van der Waals surface area contributed by atoms with Gasteiger partial charge >= 0.3 is 0 Å². The molecule has 0 bridgehead atoms. The molecule has 7 heteroatoms. The van der Waals surface area contributed by atoms with Gasteiger partial charge in [0.2, 0.25) is 0 Å². The van der Waals surface area contributed by atoms with Crippen LogP contribution in [-0.2, 0) is 6.54 Å². The number of para-hydroxylation sites is 1. The summed E-state index contributed by atoms with van der Waals surface area (Å²) in [5.41, 5.74) is 9.42. The molecule has 0 fully saturated rings. The Kier molecular flexibility index (Phi) is 6.39. The van der Waals surface area contributed by atoms with Crippen molar-refractivity contribution < 1.29 is 0 Å². The first-order chi connectivity index (χ1) is 13.3. The van der Waals surface area contributed by atoms with Crippen molar-refractivity contribution in [2.75, 3.05) is 24.1 Å². The van der Waals surface area contributed by atoms with E-state index >= 15 is 0 Å². The fourth-order valence-electron chi connectivity index (χ4n) is 2.44. The smallest absolute Gasteiger partial charge is 0.130 e. The maximum Gasteiger partial charge on any atom is 0.130 e. The van der Waals surface area contributed by atoms with Crippen LogP contribution < -0.4 is 16.4 Å². The van der Waals surface area contributed by atoms with Crippen molar-refractivity contribution in [2.24, 2.45) is 4.99 Å². The van der Waals surface area contributed by atoms with Gasteiger partial charge in [-0.15, -0.1) is 0 Å². The number of aromatic nitrogens is 1. The van der Waals surface area contributed by atoms with E-state index in [4.69, 9.17) is 16.0 Å². The molecule has 0 spiro atoms. The summed E-state index contributed by atoms with van der Waals surface area (Å²) < 4.78 is 0. The standard InChI is InChI=1S/C20H20N6S/c21-11-15-5-6-19(25-12-15)23-8-9-24-20(17-3-1-2-4-18(17)22)26-13-16-7-10-27-14-16/h1-7,10,12,14H,8-9,13,22H2,(H,23,25)(H,24,26). The maximum absolute atomic E-state index is 8.81. The molecule has 0 radical (unpaired) electrons. The summed E-state index contributed by atoms with van der Waals surface area (Å²) in [4.78, 5) is 8.92. The van der Waals surface area contributed by atoms with Crippen molar-refractivity contribution in [3.8, 4) is 6.07 Å². The number of nitrogens with one attached hydrogen (secondary N) is 2. The van der Waals surface area contributed by atoms with E-state index < -0.39 is 0 Å². The summed E-state index contributed by atoms with van der Waals surface area (Å²) >= 11 is 1.66. The molecule has 0 atom stereocenters. The molecule has 136 valence electrons. The third kappa shape index (κ3) is 5.30. The lowest BCUT2D eigenvalue weighted by Gasteiger charge is -2.13. The Labute approximate surface area is 162 Å². The van der Waals surface area contributed by atoms with Crippen molar-refractivity contribution in [1.82, 2.24) is 10.3 Å².